The summed E-state index contributed by atoms with van der Waals surface area (Å²) in [4.78, 5) is 0. The molecule has 90 valence electrons. The summed E-state index contributed by atoms with van der Waals surface area (Å²) in [6, 6.07) is 4.72. The number of benzene rings is 1. The van der Waals surface area contributed by atoms with Crippen LogP contribution in [0.4, 0.5) is 0 Å². The highest BCUT2D eigenvalue weighted by Crippen LogP contribution is 2.13. The minimum atomic E-state index is -1.23. The molecule has 0 aliphatic rings. The molecule has 0 aromatic heterocycles. The molecule has 0 atom stereocenters. The highest BCUT2D eigenvalue weighted by atomic mass is 28.3. The lowest BCUT2D eigenvalue weighted by Gasteiger charge is -2.30. The fourth-order valence-corrected chi connectivity index (χ4v) is 8.39. The fourth-order valence-electron chi connectivity index (χ4n) is 2.41. The Kier molecular flexibility index (Phi) is 3.56. The Hall–Kier alpha value is -0.346. The first kappa shape index (κ1) is 13.7. The van der Waals surface area contributed by atoms with E-state index in [4.69, 9.17) is 0 Å². The van der Waals surface area contributed by atoms with Gasteiger partial charge in [0, 0.05) is 0 Å². The lowest BCUT2D eigenvalue weighted by molar-refractivity contribution is 1.36. The van der Waals surface area contributed by atoms with E-state index in [-0.39, 0.29) is 0 Å². The molecule has 0 spiro atoms. The Morgan fingerprint density at radius 2 is 1.25 bits per heavy atom. The Labute approximate surface area is 103 Å². The van der Waals surface area contributed by atoms with Crippen LogP contribution in [-0.2, 0) is 0 Å². The summed E-state index contributed by atoms with van der Waals surface area (Å²) >= 11 is 0. The lowest BCUT2D eigenvalue weighted by atomic mass is 10.1. The summed E-state index contributed by atoms with van der Waals surface area (Å²) in [6.45, 7) is 19.3. The second-order valence-electron chi connectivity index (χ2n) is 6.93. The van der Waals surface area contributed by atoms with Crippen molar-refractivity contribution in [1.82, 2.24) is 0 Å². The maximum absolute atomic E-state index is 2.47. The Balaban J connectivity index is 3.59. The minimum Gasteiger partial charge on any atom is -0.0656 e. The average molecular weight is 251 g/mol. The molecule has 0 saturated carbocycles. The monoisotopic (exact) mass is 250 g/mol. The van der Waals surface area contributed by atoms with Crippen molar-refractivity contribution in [1.29, 1.82) is 0 Å². The zero-order valence-electron chi connectivity index (χ0n) is 12.2. The molecule has 0 saturated heterocycles. The Morgan fingerprint density at radius 3 is 1.62 bits per heavy atom. The third kappa shape index (κ3) is 2.66. The van der Waals surface area contributed by atoms with E-state index in [0.29, 0.717) is 0 Å². The molecule has 1 rings (SSSR count). The van der Waals surface area contributed by atoms with E-state index in [1.165, 1.54) is 5.56 Å². The van der Waals surface area contributed by atoms with E-state index in [1.807, 2.05) is 0 Å². The molecule has 0 aliphatic carbocycles. The highest BCUT2D eigenvalue weighted by molar-refractivity contribution is 6.98. The van der Waals surface area contributed by atoms with Crippen LogP contribution >= 0.6 is 0 Å². The lowest BCUT2D eigenvalue weighted by Crippen LogP contribution is -2.57. The quantitative estimate of drug-likeness (QED) is 0.706. The van der Waals surface area contributed by atoms with Gasteiger partial charge in [0.15, 0.2) is 0 Å². The summed E-state index contributed by atoms with van der Waals surface area (Å²) < 4.78 is 0. The topological polar surface area (TPSA) is 0 Å². The first-order chi connectivity index (χ1) is 7.05. The molecule has 0 heterocycles. The molecule has 0 bridgehead atoms. The number of aryl methyl sites for hydroxylation is 1. The number of hydrogen-bond acceptors (Lipinski definition) is 0. The molecular formula is C14H26Si2. The third-order valence-corrected chi connectivity index (χ3v) is 7.72. The van der Waals surface area contributed by atoms with E-state index in [1.54, 1.807) is 15.9 Å². The largest absolute Gasteiger partial charge is 0.0778 e. The molecule has 1 aromatic rings. The van der Waals surface area contributed by atoms with Gasteiger partial charge in [0.1, 0.15) is 0 Å². The van der Waals surface area contributed by atoms with Crippen molar-refractivity contribution in [3.05, 3.63) is 23.3 Å². The highest BCUT2D eigenvalue weighted by Gasteiger charge is 2.29. The van der Waals surface area contributed by atoms with Gasteiger partial charge >= 0.3 is 0 Å². The van der Waals surface area contributed by atoms with Gasteiger partial charge < -0.3 is 0 Å². The second kappa shape index (κ2) is 4.15. The normalized spacial score (nSPS) is 13.0. The maximum Gasteiger partial charge on any atom is 0.0778 e. The molecule has 0 nitrogen and oxygen atoms in total. The minimum absolute atomic E-state index is 1.21. The van der Waals surface area contributed by atoms with E-state index >= 15 is 0 Å². The molecule has 0 N–H and O–H groups in total. The summed E-state index contributed by atoms with van der Waals surface area (Å²) in [6.07, 6.45) is 0. The molecule has 0 fully saturated rings. The van der Waals surface area contributed by atoms with Crippen molar-refractivity contribution in [2.75, 3.05) is 0 Å². The average Bonchev–Trinajstić information content (AvgIpc) is 2.05. The van der Waals surface area contributed by atoms with E-state index in [0.717, 1.165) is 0 Å². The van der Waals surface area contributed by atoms with Gasteiger partial charge in [0.05, 0.1) is 16.1 Å². The zero-order valence-corrected chi connectivity index (χ0v) is 14.2. The third-order valence-electron chi connectivity index (χ3n) is 3.29. The molecule has 0 unspecified atom stereocenters. The van der Waals surface area contributed by atoms with Gasteiger partial charge in [-0.1, -0.05) is 61.8 Å². The van der Waals surface area contributed by atoms with Crippen molar-refractivity contribution in [3.8, 4) is 0 Å². The van der Waals surface area contributed by atoms with Crippen molar-refractivity contribution in [2.24, 2.45) is 0 Å². The summed E-state index contributed by atoms with van der Waals surface area (Å²) in [5.41, 5.74) is 3.01. The fraction of sp³-hybridized carbons (Fsp3) is 0.571. The van der Waals surface area contributed by atoms with E-state index in [2.05, 4.69) is 65.3 Å². The van der Waals surface area contributed by atoms with E-state index in [9.17, 15) is 0 Å². The van der Waals surface area contributed by atoms with Crippen LogP contribution in [0.1, 0.15) is 11.1 Å². The molecule has 0 aliphatic heterocycles. The van der Waals surface area contributed by atoms with Gasteiger partial charge in [0.25, 0.3) is 0 Å². The van der Waals surface area contributed by atoms with Crippen LogP contribution in [0, 0.1) is 13.8 Å². The van der Waals surface area contributed by atoms with Gasteiger partial charge in [-0.25, -0.2) is 0 Å². The van der Waals surface area contributed by atoms with Crippen LogP contribution in [0.25, 0.3) is 0 Å². The second-order valence-corrected chi connectivity index (χ2v) is 17.0. The smallest absolute Gasteiger partial charge is 0.0656 e. The standard InChI is InChI=1S/C14H26Si2/c1-11-9-10-13(15(3,4)5)14(12(11)2)16(6,7)8/h9-10H,1-8H3. The summed E-state index contributed by atoms with van der Waals surface area (Å²) in [7, 11) is -2.44. The SMILES string of the molecule is Cc1ccc([Si](C)(C)C)c([Si](C)(C)C)c1C. The molecular weight excluding hydrogens is 224 g/mol. The zero-order chi connectivity index (χ0) is 12.7. The van der Waals surface area contributed by atoms with Crippen LogP contribution in [0.2, 0.25) is 39.3 Å². The van der Waals surface area contributed by atoms with Crippen molar-refractivity contribution in [2.45, 2.75) is 53.1 Å². The van der Waals surface area contributed by atoms with Crippen molar-refractivity contribution < 1.29 is 0 Å². The van der Waals surface area contributed by atoms with Crippen LogP contribution in [0.5, 0.6) is 0 Å². The van der Waals surface area contributed by atoms with Crippen LogP contribution < -0.4 is 10.4 Å². The van der Waals surface area contributed by atoms with Gasteiger partial charge in [0.2, 0.25) is 0 Å². The molecule has 0 amide bonds. The molecule has 2 heteroatoms. The maximum atomic E-state index is 2.47. The van der Waals surface area contributed by atoms with Crippen LogP contribution in [0.15, 0.2) is 12.1 Å². The predicted molar refractivity (Wildman–Crippen MR) is 81.9 cm³/mol. The summed E-state index contributed by atoms with van der Waals surface area (Å²) in [5, 5.41) is 3.42. The van der Waals surface area contributed by atoms with Gasteiger partial charge in [-0.15, -0.1) is 0 Å². The van der Waals surface area contributed by atoms with Gasteiger partial charge in [-0.05, 0) is 25.0 Å². The number of rotatable bonds is 2. The summed E-state index contributed by atoms with van der Waals surface area (Å²) in [5.74, 6) is 0. The van der Waals surface area contributed by atoms with Gasteiger partial charge in [-0.3, -0.25) is 0 Å². The Bertz CT molecular complexity index is 392. The van der Waals surface area contributed by atoms with E-state index < -0.39 is 16.1 Å². The predicted octanol–water partition coefficient (Wildman–Crippen LogP) is 3.39. The molecule has 0 radical (unpaired) electrons. The Morgan fingerprint density at radius 1 is 0.750 bits per heavy atom. The number of hydrogen-bond donors (Lipinski definition) is 0. The van der Waals surface area contributed by atoms with Crippen LogP contribution in [-0.4, -0.2) is 16.1 Å². The van der Waals surface area contributed by atoms with Crippen molar-refractivity contribution >= 4 is 26.5 Å². The molecule has 16 heavy (non-hydrogen) atoms. The van der Waals surface area contributed by atoms with Gasteiger partial charge in [-0.2, -0.15) is 0 Å². The van der Waals surface area contributed by atoms with Crippen LogP contribution in [0.3, 0.4) is 0 Å². The first-order valence-electron chi connectivity index (χ1n) is 6.16. The van der Waals surface area contributed by atoms with Crippen molar-refractivity contribution in [3.63, 3.8) is 0 Å². The first-order valence-corrected chi connectivity index (χ1v) is 13.2. The molecule has 1 aromatic carbocycles.